The Labute approximate surface area is 171 Å². The molecule has 0 unspecified atom stereocenters. The third-order valence-corrected chi connectivity index (χ3v) is 7.00. The van der Waals surface area contributed by atoms with Crippen LogP contribution in [0.15, 0.2) is 11.6 Å². The smallest absolute Gasteiger partial charge is 0.341 e. The van der Waals surface area contributed by atoms with Crippen LogP contribution in [0.2, 0.25) is 0 Å². The standard InChI is InChI=1S/C22H32O7/c1-12-21(6,28-12)18(25)27-17-8-9-20(5)11-15(24)14(19(3,4)26)10-16(20)22(17,7)29-13(2)23/h10,12,16-17,26H,8-9,11H2,1-7H3/t12-,16-,17+,20-,21+,22+/m1/s1. The fraction of sp³-hybridized carbons (Fsp3) is 0.773. The Kier molecular flexibility index (Phi) is 5.03. The molecular weight excluding hydrogens is 376 g/mol. The van der Waals surface area contributed by atoms with Crippen LogP contribution in [0.3, 0.4) is 0 Å². The lowest BCUT2D eigenvalue weighted by Crippen LogP contribution is -2.61. The zero-order chi connectivity index (χ0) is 22.0. The number of carbonyl (C=O) groups is 3. The Morgan fingerprint density at radius 1 is 1.28 bits per heavy atom. The molecule has 0 amide bonds. The van der Waals surface area contributed by atoms with Gasteiger partial charge >= 0.3 is 11.9 Å². The molecule has 0 aromatic rings. The van der Waals surface area contributed by atoms with Crippen LogP contribution >= 0.6 is 0 Å². The first-order valence-electron chi connectivity index (χ1n) is 10.2. The summed E-state index contributed by atoms with van der Waals surface area (Å²) in [4.78, 5) is 37.4. The van der Waals surface area contributed by atoms with Gasteiger partial charge in [-0.15, -0.1) is 0 Å². The minimum atomic E-state index is -1.32. The second-order valence-corrected chi connectivity index (χ2v) is 9.95. The van der Waals surface area contributed by atoms with Crippen molar-refractivity contribution in [2.24, 2.45) is 11.3 Å². The maximum absolute atomic E-state index is 12.7. The number of Topliss-reactive ketones (excluding diaryl/α,β-unsaturated/α-hetero) is 1. The fourth-order valence-corrected chi connectivity index (χ4v) is 5.04. The van der Waals surface area contributed by atoms with Crippen molar-refractivity contribution in [1.82, 2.24) is 0 Å². The van der Waals surface area contributed by atoms with Crippen molar-refractivity contribution in [3.05, 3.63) is 11.6 Å². The fourth-order valence-electron chi connectivity index (χ4n) is 5.04. The van der Waals surface area contributed by atoms with Crippen LogP contribution in [0.25, 0.3) is 0 Å². The molecule has 1 aliphatic heterocycles. The maximum Gasteiger partial charge on any atom is 0.341 e. The summed E-state index contributed by atoms with van der Waals surface area (Å²) in [6, 6.07) is 0. The van der Waals surface area contributed by atoms with E-state index < -0.39 is 46.2 Å². The number of fused-ring (bicyclic) bond motifs is 1. The number of esters is 2. The topological polar surface area (TPSA) is 102 Å². The highest BCUT2D eigenvalue weighted by molar-refractivity contribution is 5.98. The van der Waals surface area contributed by atoms with Crippen molar-refractivity contribution >= 4 is 17.7 Å². The summed E-state index contributed by atoms with van der Waals surface area (Å²) >= 11 is 0. The molecule has 1 saturated carbocycles. The van der Waals surface area contributed by atoms with Crippen LogP contribution in [0, 0.1) is 11.3 Å². The molecule has 7 nitrogen and oxygen atoms in total. The summed E-state index contributed by atoms with van der Waals surface area (Å²) in [5.41, 5.74) is -3.62. The Bertz CT molecular complexity index is 779. The molecule has 0 aromatic heterocycles. The molecule has 2 fully saturated rings. The van der Waals surface area contributed by atoms with Crippen molar-refractivity contribution < 1.29 is 33.7 Å². The first-order chi connectivity index (χ1) is 13.1. The maximum atomic E-state index is 12.7. The van der Waals surface area contributed by atoms with Crippen LogP contribution in [0.4, 0.5) is 0 Å². The number of carbonyl (C=O) groups excluding carboxylic acids is 3. The molecule has 0 spiro atoms. The molecule has 162 valence electrons. The molecule has 0 aromatic carbocycles. The van der Waals surface area contributed by atoms with Crippen molar-refractivity contribution in [2.45, 2.75) is 96.7 Å². The SMILES string of the molecule is CC(=O)O[C@]1(C)[C@@H](OC(=O)[C@@]2(C)O[C@@H]2C)CC[C@]2(C)CC(=O)C(C(C)(C)O)=C[C@H]21. The van der Waals surface area contributed by atoms with E-state index in [0.29, 0.717) is 18.4 Å². The highest BCUT2D eigenvalue weighted by Crippen LogP contribution is 2.55. The second-order valence-electron chi connectivity index (χ2n) is 9.95. The average Bonchev–Trinajstić information content (AvgIpc) is 3.16. The van der Waals surface area contributed by atoms with Gasteiger partial charge in [-0.2, -0.15) is 0 Å². The normalized spacial score (nSPS) is 41.9. The first-order valence-corrected chi connectivity index (χ1v) is 10.2. The molecule has 29 heavy (non-hydrogen) atoms. The number of aliphatic hydroxyl groups is 1. The molecule has 2 aliphatic carbocycles. The molecular formula is C22H32O7. The summed E-state index contributed by atoms with van der Waals surface area (Å²) in [5.74, 6) is -1.47. The van der Waals surface area contributed by atoms with Gasteiger partial charge in [0.1, 0.15) is 6.10 Å². The summed E-state index contributed by atoms with van der Waals surface area (Å²) in [6.45, 7) is 11.7. The third kappa shape index (κ3) is 3.63. The predicted octanol–water partition coefficient (Wildman–Crippen LogP) is 2.48. The van der Waals surface area contributed by atoms with E-state index in [0.717, 1.165) is 0 Å². The van der Waals surface area contributed by atoms with Crippen molar-refractivity contribution in [1.29, 1.82) is 0 Å². The summed E-state index contributed by atoms with van der Waals surface area (Å²) < 4.78 is 17.0. The highest BCUT2D eigenvalue weighted by atomic mass is 16.7. The van der Waals surface area contributed by atoms with Gasteiger partial charge in [0.15, 0.2) is 17.0 Å². The number of hydrogen-bond donors (Lipinski definition) is 1. The molecule has 1 N–H and O–H groups in total. The summed E-state index contributed by atoms with van der Waals surface area (Å²) in [7, 11) is 0. The van der Waals surface area contributed by atoms with Gasteiger partial charge in [-0.25, -0.2) is 4.79 Å². The van der Waals surface area contributed by atoms with Gasteiger partial charge in [0.05, 0.1) is 11.7 Å². The lowest BCUT2D eigenvalue weighted by atomic mass is 9.54. The van der Waals surface area contributed by atoms with Crippen LogP contribution in [0.1, 0.15) is 67.7 Å². The van der Waals surface area contributed by atoms with E-state index in [9.17, 15) is 19.5 Å². The zero-order valence-corrected chi connectivity index (χ0v) is 18.3. The molecule has 0 radical (unpaired) electrons. The van der Waals surface area contributed by atoms with Crippen LogP contribution in [-0.2, 0) is 28.6 Å². The zero-order valence-electron chi connectivity index (χ0n) is 18.3. The van der Waals surface area contributed by atoms with E-state index in [1.54, 1.807) is 40.7 Å². The number of hydrogen-bond acceptors (Lipinski definition) is 7. The molecule has 6 atom stereocenters. The largest absolute Gasteiger partial charge is 0.456 e. The van der Waals surface area contributed by atoms with Crippen molar-refractivity contribution in [3.63, 3.8) is 0 Å². The average molecular weight is 408 g/mol. The quantitative estimate of drug-likeness (QED) is 0.563. The molecule has 7 heteroatoms. The predicted molar refractivity (Wildman–Crippen MR) is 104 cm³/mol. The highest BCUT2D eigenvalue weighted by Gasteiger charge is 2.62. The number of rotatable bonds is 4. The molecule has 3 rings (SSSR count). The van der Waals surface area contributed by atoms with Gasteiger partial charge in [0, 0.05) is 24.8 Å². The molecule has 1 saturated heterocycles. The van der Waals surface area contributed by atoms with Gasteiger partial charge in [-0.1, -0.05) is 13.0 Å². The number of ketones is 1. The lowest BCUT2D eigenvalue weighted by Gasteiger charge is -2.55. The summed E-state index contributed by atoms with van der Waals surface area (Å²) in [5, 5.41) is 10.5. The first kappa shape index (κ1) is 22.0. The summed E-state index contributed by atoms with van der Waals surface area (Å²) in [6.07, 6.45) is 2.15. The Morgan fingerprint density at radius 2 is 1.86 bits per heavy atom. The van der Waals surface area contributed by atoms with Gasteiger partial charge in [-0.3, -0.25) is 9.59 Å². The van der Waals surface area contributed by atoms with E-state index in [1.165, 1.54) is 6.92 Å². The van der Waals surface area contributed by atoms with Gasteiger partial charge in [0.2, 0.25) is 0 Å². The van der Waals surface area contributed by atoms with Gasteiger partial charge < -0.3 is 19.3 Å². The second kappa shape index (κ2) is 6.64. The van der Waals surface area contributed by atoms with Crippen LogP contribution < -0.4 is 0 Å². The van der Waals surface area contributed by atoms with E-state index in [2.05, 4.69) is 0 Å². The molecule has 0 bridgehead atoms. The van der Waals surface area contributed by atoms with Gasteiger partial charge in [-0.05, 0) is 52.9 Å². The van der Waals surface area contributed by atoms with Crippen LogP contribution in [0.5, 0.6) is 0 Å². The third-order valence-electron chi connectivity index (χ3n) is 7.00. The van der Waals surface area contributed by atoms with E-state index in [-0.39, 0.29) is 18.3 Å². The van der Waals surface area contributed by atoms with Crippen molar-refractivity contribution in [2.75, 3.05) is 0 Å². The Hall–Kier alpha value is -1.73. The van der Waals surface area contributed by atoms with E-state index >= 15 is 0 Å². The lowest BCUT2D eigenvalue weighted by molar-refractivity contribution is -0.212. The monoisotopic (exact) mass is 408 g/mol. The van der Waals surface area contributed by atoms with E-state index in [4.69, 9.17) is 14.2 Å². The molecule has 3 aliphatic rings. The van der Waals surface area contributed by atoms with Crippen LogP contribution in [-0.4, -0.2) is 51.8 Å². The van der Waals surface area contributed by atoms with Crippen molar-refractivity contribution in [3.8, 4) is 0 Å². The molecule has 1 heterocycles. The van der Waals surface area contributed by atoms with E-state index in [1.807, 2.05) is 6.92 Å². The van der Waals surface area contributed by atoms with Gasteiger partial charge in [0.25, 0.3) is 0 Å². The number of ether oxygens (including phenoxy) is 3. The Morgan fingerprint density at radius 3 is 2.34 bits per heavy atom. The minimum absolute atomic E-state index is 0.107. The Balaban J connectivity index is 2.01. The number of epoxide rings is 1. The minimum Gasteiger partial charge on any atom is -0.456 e.